The number of benzene rings is 8. The maximum atomic E-state index is 6.78. The zero-order valence-electron chi connectivity index (χ0n) is 29.4. The molecule has 0 saturated carbocycles. The number of hydrogen-bond acceptors (Lipinski definition) is 3. The van der Waals surface area contributed by atoms with Gasteiger partial charge in [-0.2, -0.15) is 0 Å². The van der Waals surface area contributed by atoms with Crippen molar-refractivity contribution in [3.05, 3.63) is 170 Å². The third-order valence-electron chi connectivity index (χ3n) is 11.7. The molecule has 0 bridgehead atoms. The summed E-state index contributed by atoms with van der Waals surface area (Å²) in [6, 6.07) is 60.4. The van der Waals surface area contributed by atoms with E-state index in [-0.39, 0.29) is 0 Å². The molecule has 5 aromatic heterocycles. The standard InChI is InChI=1S/C50H28N4O/c1-2-12-29(13-3-1)30-22-24-32(25-23-30)49-51-45-36-18-8-11-21-42(36)55-48(45)50(52-49)54-40-20-10-7-17-35(40)38-28-37-34-16-6-9-19-39(34)53-41-27-26-31-14-4-5-15-33(31)43(41)44(46(37)53)47(38)54/h1-28H. The molecule has 8 aromatic carbocycles. The largest absolute Gasteiger partial charge is 0.450 e. The van der Waals surface area contributed by atoms with Gasteiger partial charge in [0.2, 0.25) is 0 Å². The van der Waals surface area contributed by atoms with Crippen LogP contribution in [0.3, 0.4) is 0 Å². The van der Waals surface area contributed by atoms with Gasteiger partial charge in [0.1, 0.15) is 11.1 Å². The predicted molar refractivity (Wildman–Crippen MR) is 227 cm³/mol. The molecule has 0 aliphatic carbocycles. The molecule has 0 radical (unpaired) electrons. The first-order chi connectivity index (χ1) is 27.3. The molecule has 254 valence electrons. The van der Waals surface area contributed by atoms with Crippen LogP contribution in [0.1, 0.15) is 0 Å². The lowest BCUT2D eigenvalue weighted by Gasteiger charge is -2.11. The van der Waals surface area contributed by atoms with Crippen molar-refractivity contribution >= 4 is 92.7 Å². The summed E-state index contributed by atoms with van der Waals surface area (Å²) in [7, 11) is 0. The topological polar surface area (TPSA) is 48.3 Å². The highest BCUT2D eigenvalue weighted by molar-refractivity contribution is 6.37. The lowest BCUT2D eigenvalue weighted by molar-refractivity contribution is 0.662. The summed E-state index contributed by atoms with van der Waals surface area (Å²) in [5.41, 5.74) is 11.3. The maximum absolute atomic E-state index is 6.78. The monoisotopic (exact) mass is 700 g/mol. The molecule has 0 spiro atoms. The first-order valence-corrected chi connectivity index (χ1v) is 18.7. The van der Waals surface area contributed by atoms with E-state index in [2.05, 4.69) is 155 Å². The lowest BCUT2D eigenvalue weighted by Crippen LogP contribution is -2.02. The summed E-state index contributed by atoms with van der Waals surface area (Å²) < 4.78 is 11.6. The van der Waals surface area contributed by atoms with Crippen LogP contribution in [0.4, 0.5) is 0 Å². The Kier molecular flexibility index (Phi) is 5.57. The van der Waals surface area contributed by atoms with E-state index in [4.69, 9.17) is 14.4 Å². The van der Waals surface area contributed by atoms with Crippen molar-refractivity contribution in [2.75, 3.05) is 0 Å². The number of hydrogen-bond donors (Lipinski definition) is 0. The molecule has 5 heteroatoms. The van der Waals surface area contributed by atoms with Gasteiger partial charge in [-0.1, -0.05) is 133 Å². The van der Waals surface area contributed by atoms with Crippen molar-refractivity contribution in [1.29, 1.82) is 0 Å². The highest BCUT2D eigenvalue weighted by Crippen LogP contribution is 2.48. The molecule has 0 aliphatic rings. The Morgan fingerprint density at radius 2 is 1.05 bits per heavy atom. The molecular weight excluding hydrogens is 673 g/mol. The van der Waals surface area contributed by atoms with E-state index in [1.807, 2.05) is 24.3 Å². The molecule has 13 aromatic rings. The molecule has 55 heavy (non-hydrogen) atoms. The second-order valence-corrected chi connectivity index (χ2v) is 14.5. The van der Waals surface area contributed by atoms with Crippen LogP contribution < -0.4 is 0 Å². The predicted octanol–water partition coefficient (Wildman–Crippen LogP) is 13.1. The lowest BCUT2D eigenvalue weighted by atomic mass is 9.99. The molecule has 0 fully saturated rings. The highest BCUT2D eigenvalue weighted by Gasteiger charge is 2.28. The Balaban J connectivity index is 1.23. The van der Waals surface area contributed by atoms with Gasteiger partial charge in [-0.05, 0) is 58.3 Å². The van der Waals surface area contributed by atoms with E-state index in [0.29, 0.717) is 11.4 Å². The van der Waals surface area contributed by atoms with Gasteiger partial charge in [0.25, 0.3) is 0 Å². The number of fused-ring (bicyclic) bond motifs is 15. The summed E-state index contributed by atoms with van der Waals surface area (Å²) in [6.07, 6.45) is 0. The van der Waals surface area contributed by atoms with Gasteiger partial charge in [-0.3, -0.25) is 4.57 Å². The Morgan fingerprint density at radius 1 is 0.418 bits per heavy atom. The van der Waals surface area contributed by atoms with Crippen molar-refractivity contribution in [3.8, 4) is 28.3 Å². The van der Waals surface area contributed by atoms with Gasteiger partial charge >= 0.3 is 0 Å². The molecule has 0 unspecified atom stereocenters. The van der Waals surface area contributed by atoms with E-state index in [9.17, 15) is 0 Å². The summed E-state index contributed by atoms with van der Waals surface area (Å²) in [5.74, 6) is 1.37. The van der Waals surface area contributed by atoms with E-state index in [1.165, 1.54) is 59.8 Å². The normalized spacial score (nSPS) is 12.4. The minimum Gasteiger partial charge on any atom is -0.450 e. The van der Waals surface area contributed by atoms with Crippen LogP contribution in [-0.4, -0.2) is 18.9 Å². The fourth-order valence-corrected chi connectivity index (χ4v) is 9.29. The van der Waals surface area contributed by atoms with Crippen LogP contribution in [0.15, 0.2) is 174 Å². The van der Waals surface area contributed by atoms with Crippen molar-refractivity contribution in [3.63, 3.8) is 0 Å². The second-order valence-electron chi connectivity index (χ2n) is 14.5. The number of aromatic nitrogens is 4. The molecular formula is C50H28N4O. The Bertz CT molecular complexity index is 3700. The van der Waals surface area contributed by atoms with Gasteiger partial charge in [-0.15, -0.1) is 0 Å². The quantitative estimate of drug-likeness (QED) is 0.184. The zero-order chi connectivity index (χ0) is 35.8. The minimum atomic E-state index is 0.650. The molecule has 13 rings (SSSR count). The number of para-hydroxylation sites is 3. The van der Waals surface area contributed by atoms with Gasteiger partial charge < -0.3 is 8.82 Å². The third-order valence-corrected chi connectivity index (χ3v) is 11.7. The zero-order valence-corrected chi connectivity index (χ0v) is 29.4. The van der Waals surface area contributed by atoms with E-state index in [1.54, 1.807) is 0 Å². The molecule has 5 nitrogen and oxygen atoms in total. The van der Waals surface area contributed by atoms with Crippen LogP contribution in [0, 0.1) is 0 Å². The molecule has 0 N–H and O–H groups in total. The van der Waals surface area contributed by atoms with Gasteiger partial charge in [0.05, 0.1) is 27.6 Å². The fourth-order valence-electron chi connectivity index (χ4n) is 9.29. The van der Waals surface area contributed by atoms with Gasteiger partial charge in [0.15, 0.2) is 17.2 Å². The summed E-state index contributed by atoms with van der Waals surface area (Å²) >= 11 is 0. The summed E-state index contributed by atoms with van der Waals surface area (Å²) in [5, 5.41) is 10.7. The molecule has 0 saturated heterocycles. The summed E-state index contributed by atoms with van der Waals surface area (Å²) in [4.78, 5) is 10.7. The van der Waals surface area contributed by atoms with Crippen LogP contribution in [0.2, 0.25) is 0 Å². The van der Waals surface area contributed by atoms with Crippen LogP contribution >= 0.6 is 0 Å². The molecule has 5 heterocycles. The van der Waals surface area contributed by atoms with Crippen molar-refractivity contribution in [2.24, 2.45) is 0 Å². The smallest absolute Gasteiger partial charge is 0.197 e. The third kappa shape index (κ3) is 3.81. The van der Waals surface area contributed by atoms with Crippen LogP contribution in [0.5, 0.6) is 0 Å². The maximum Gasteiger partial charge on any atom is 0.197 e. The first kappa shape index (κ1) is 29.0. The van der Waals surface area contributed by atoms with Crippen molar-refractivity contribution < 1.29 is 4.42 Å². The highest BCUT2D eigenvalue weighted by atomic mass is 16.3. The van der Waals surface area contributed by atoms with Gasteiger partial charge in [-0.25, -0.2) is 9.97 Å². The van der Waals surface area contributed by atoms with Crippen LogP contribution in [-0.2, 0) is 0 Å². The van der Waals surface area contributed by atoms with E-state index in [0.717, 1.165) is 49.9 Å². The second kappa shape index (κ2) is 10.6. The average molecular weight is 701 g/mol. The van der Waals surface area contributed by atoms with Crippen molar-refractivity contribution in [1.82, 2.24) is 18.9 Å². The molecule has 0 atom stereocenters. The Labute approximate surface area is 313 Å². The fraction of sp³-hybridized carbons (Fsp3) is 0. The number of nitrogens with zero attached hydrogens (tertiary/aromatic N) is 4. The summed E-state index contributed by atoms with van der Waals surface area (Å²) in [6.45, 7) is 0. The van der Waals surface area contributed by atoms with Crippen molar-refractivity contribution in [2.45, 2.75) is 0 Å². The van der Waals surface area contributed by atoms with E-state index >= 15 is 0 Å². The van der Waals surface area contributed by atoms with Gasteiger partial charge in [0, 0.05) is 43.3 Å². The van der Waals surface area contributed by atoms with Crippen LogP contribution in [0.25, 0.3) is 121 Å². The minimum absolute atomic E-state index is 0.650. The molecule has 0 aliphatic heterocycles. The number of rotatable bonds is 3. The Hall–Kier alpha value is -7.50. The number of furan rings is 1. The average Bonchev–Trinajstić information content (AvgIpc) is 3.99. The SMILES string of the molecule is c1ccc(-c2ccc(-c3nc(-n4c5ccccc5c5cc6c7ccccc7n7c8ccc9ccccc9c8c(c54)c67)c4oc5ccccc5c4n3)cc2)cc1. The van der Waals surface area contributed by atoms with E-state index < -0.39 is 0 Å². The first-order valence-electron chi connectivity index (χ1n) is 18.7. The molecule has 0 amide bonds. The Morgan fingerprint density at radius 3 is 1.89 bits per heavy atom.